The number of carbonyl (C=O) groups excluding carboxylic acids is 1. The zero-order valence-corrected chi connectivity index (χ0v) is 14.3. The summed E-state index contributed by atoms with van der Waals surface area (Å²) in [4.78, 5) is 14.7. The van der Waals surface area contributed by atoms with E-state index in [4.69, 9.17) is 11.6 Å². The van der Waals surface area contributed by atoms with Gasteiger partial charge in [0.05, 0.1) is 12.6 Å². The highest BCUT2D eigenvalue weighted by Crippen LogP contribution is 2.31. The monoisotopic (exact) mass is 331 g/mol. The van der Waals surface area contributed by atoms with Gasteiger partial charge in [0.25, 0.3) is 0 Å². The zero-order valence-electron chi connectivity index (χ0n) is 13.6. The lowest BCUT2D eigenvalue weighted by molar-refractivity contribution is -0.117. The summed E-state index contributed by atoms with van der Waals surface area (Å²) < 4.78 is 2.14. The van der Waals surface area contributed by atoms with Gasteiger partial charge in [0.1, 0.15) is 0 Å². The first kappa shape index (κ1) is 16.1. The minimum Gasteiger partial charge on any atom is -0.353 e. The summed E-state index contributed by atoms with van der Waals surface area (Å²) >= 11 is 6.11. The number of likely N-dealkylation sites (tertiary alicyclic amines) is 1. The summed E-state index contributed by atoms with van der Waals surface area (Å²) in [5.74, 6) is 0.0106. The molecule has 2 heterocycles. The van der Waals surface area contributed by atoms with E-state index in [1.807, 2.05) is 25.1 Å². The molecule has 0 radical (unpaired) electrons. The minimum absolute atomic E-state index is 0.0106. The second-order valence-electron chi connectivity index (χ2n) is 6.13. The van der Waals surface area contributed by atoms with Crippen LogP contribution in [0.25, 0.3) is 0 Å². The molecule has 23 heavy (non-hydrogen) atoms. The molecule has 0 saturated carbocycles. The largest absolute Gasteiger partial charge is 0.353 e. The van der Waals surface area contributed by atoms with E-state index in [0.717, 1.165) is 30.6 Å². The van der Waals surface area contributed by atoms with Crippen molar-refractivity contribution in [1.29, 1.82) is 0 Å². The van der Waals surface area contributed by atoms with Crippen molar-refractivity contribution < 1.29 is 4.79 Å². The van der Waals surface area contributed by atoms with Crippen molar-refractivity contribution in [2.75, 3.05) is 18.4 Å². The molecule has 1 aliphatic rings. The highest BCUT2D eigenvalue weighted by Gasteiger charge is 2.29. The number of aromatic nitrogens is 1. The van der Waals surface area contributed by atoms with Crippen LogP contribution in [0.3, 0.4) is 0 Å². The SMILES string of the molecule is Cc1c(Cl)cccc1NC(=O)CN1CCC[C@H]1c1cccn1C. The molecule has 5 heteroatoms. The van der Waals surface area contributed by atoms with Gasteiger partial charge in [0.15, 0.2) is 0 Å². The Bertz CT molecular complexity index is 710. The van der Waals surface area contributed by atoms with Crippen molar-refractivity contribution in [1.82, 2.24) is 9.47 Å². The first-order valence-corrected chi connectivity index (χ1v) is 8.34. The van der Waals surface area contributed by atoms with Gasteiger partial charge in [-0.2, -0.15) is 0 Å². The summed E-state index contributed by atoms with van der Waals surface area (Å²) in [6, 6.07) is 10.1. The lowest BCUT2D eigenvalue weighted by Crippen LogP contribution is -2.33. The second-order valence-corrected chi connectivity index (χ2v) is 6.54. The smallest absolute Gasteiger partial charge is 0.238 e. The Labute approximate surface area is 142 Å². The third-order valence-corrected chi connectivity index (χ3v) is 4.99. The van der Waals surface area contributed by atoms with Gasteiger partial charge in [-0.05, 0) is 56.1 Å². The molecule has 1 aromatic carbocycles. The van der Waals surface area contributed by atoms with Crippen LogP contribution in [-0.4, -0.2) is 28.5 Å². The molecule has 1 atom stereocenters. The minimum atomic E-state index is 0.0106. The molecule has 0 aliphatic carbocycles. The number of nitrogens with zero attached hydrogens (tertiary/aromatic N) is 2. The Balaban J connectivity index is 1.67. The molecular formula is C18H22ClN3O. The highest BCUT2D eigenvalue weighted by atomic mass is 35.5. The van der Waals surface area contributed by atoms with Crippen LogP contribution in [0.5, 0.6) is 0 Å². The summed E-state index contributed by atoms with van der Waals surface area (Å²) in [5.41, 5.74) is 2.97. The number of benzene rings is 1. The van der Waals surface area contributed by atoms with Gasteiger partial charge in [0.2, 0.25) is 5.91 Å². The molecule has 1 N–H and O–H groups in total. The fraction of sp³-hybridized carbons (Fsp3) is 0.389. The molecular weight excluding hydrogens is 310 g/mol. The van der Waals surface area contributed by atoms with E-state index in [0.29, 0.717) is 17.6 Å². The third-order valence-electron chi connectivity index (χ3n) is 4.58. The van der Waals surface area contributed by atoms with E-state index in [-0.39, 0.29) is 5.91 Å². The zero-order chi connectivity index (χ0) is 16.4. The van der Waals surface area contributed by atoms with Crippen molar-refractivity contribution in [3.05, 3.63) is 52.8 Å². The van der Waals surface area contributed by atoms with Crippen molar-refractivity contribution in [3.8, 4) is 0 Å². The van der Waals surface area contributed by atoms with Crippen LogP contribution in [0.2, 0.25) is 5.02 Å². The summed E-state index contributed by atoms with van der Waals surface area (Å²) in [7, 11) is 2.06. The van der Waals surface area contributed by atoms with E-state index in [1.165, 1.54) is 5.69 Å². The quantitative estimate of drug-likeness (QED) is 0.926. The molecule has 122 valence electrons. The van der Waals surface area contributed by atoms with Gasteiger partial charge < -0.3 is 9.88 Å². The Hall–Kier alpha value is -1.78. The number of hydrogen-bond donors (Lipinski definition) is 1. The molecule has 3 rings (SSSR count). The van der Waals surface area contributed by atoms with Crippen LogP contribution in [0.4, 0.5) is 5.69 Å². The van der Waals surface area contributed by atoms with Crippen LogP contribution in [0, 0.1) is 6.92 Å². The molecule has 1 aromatic heterocycles. The summed E-state index contributed by atoms with van der Waals surface area (Å²) in [6.45, 7) is 3.28. The topological polar surface area (TPSA) is 37.3 Å². The molecule has 0 bridgehead atoms. The maximum atomic E-state index is 12.4. The first-order valence-electron chi connectivity index (χ1n) is 7.96. The third kappa shape index (κ3) is 3.43. The summed E-state index contributed by atoms with van der Waals surface area (Å²) in [6.07, 6.45) is 4.28. The Morgan fingerprint density at radius 3 is 2.91 bits per heavy atom. The number of aryl methyl sites for hydroxylation is 1. The summed E-state index contributed by atoms with van der Waals surface area (Å²) in [5, 5.41) is 3.66. The predicted octanol–water partition coefficient (Wildman–Crippen LogP) is 3.76. The van der Waals surface area contributed by atoms with Gasteiger partial charge in [0, 0.05) is 29.6 Å². The number of halogens is 1. The number of amides is 1. The van der Waals surface area contributed by atoms with Gasteiger partial charge in [-0.1, -0.05) is 17.7 Å². The van der Waals surface area contributed by atoms with Crippen molar-refractivity contribution >= 4 is 23.2 Å². The molecule has 1 fully saturated rings. The van der Waals surface area contributed by atoms with E-state index in [1.54, 1.807) is 0 Å². The van der Waals surface area contributed by atoms with Crippen molar-refractivity contribution in [2.45, 2.75) is 25.8 Å². The molecule has 1 saturated heterocycles. The first-order chi connectivity index (χ1) is 11.1. The highest BCUT2D eigenvalue weighted by molar-refractivity contribution is 6.31. The molecule has 1 amide bonds. The van der Waals surface area contributed by atoms with Crippen LogP contribution >= 0.6 is 11.6 Å². The Kier molecular flexibility index (Phi) is 4.74. The second kappa shape index (κ2) is 6.77. The van der Waals surface area contributed by atoms with E-state index in [9.17, 15) is 4.79 Å². The van der Waals surface area contributed by atoms with Crippen molar-refractivity contribution in [3.63, 3.8) is 0 Å². The average molecular weight is 332 g/mol. The fourth-order valence-corrected chi connectivity index (χ4v) is 3.46. The van der Waals surface area contributed by atoms with Gasteiger partial charge in [-0.15, -0.1) is 0 Å². The lowest BCUT2D eigenvalue weighted by atomic mass is 10.1. The number of carbonyl (C=O) groups is 1. The molecule has 1 aliphatic heterocycles. The number of hydrogen-bond acceptors (Lipinski definition) is 2. The molecule has 4 nitrogen and oxygen atoms in total. The van der Waals surface area contributed by atoms with Crippen LogP contribution < -0.4 is 5.32 Å². The Morgan fingerprint density at radius 1 is 1.35 bits per heavy atom. The van der Waals surface area contributed by atoms with Gasteiger partial charge in [-0.25, -0.2) is 0 Å². The lowest BCUT2D eigenvalue weighted by Gasteiger charge is -2.24. The van der Waals surface area contributed by atoms with Crippen molar-refractivity contribution in [2.24, 2.45) is 7.05 Å². The maximum Gasteiger partial charge on any atom is 0.238 e. The van der Waals surface area contributed by atoms with Crippen LogP contribution in [0.1, 0.15) is 30.1 Å². The predicted molar refractivity (Wildman–Crippen MR) is 93.8 cm³/mol. The number of rotatable bonds is 4. The van der Waals surface area contributed by atoms with E-state index >= 15 is 0 Å². The van der Waals surface area contributed by atoms with E-state index in [2.05, 4.69) is 40.2 Å². The molecule has 0 unspecified atom stereocenters. The molecule has 2 aromatic rings. The normalized spacial score (nSPS) is 18.3. The number of nitrogens with one attached hydrogen (secondary N) is 1. The fourth-order valence-electron chi connectivity index (χ4n) is 3.29. The van der Waals surface area contributed by atoms with Gasteiger partial charge >= 0.3 is 0 Å². The average Bonchev–Trinajstić information content (AvgIpc) is 3.12. The van der Waals surface area contributed by atoms with E-state index < -0.39 is 0 Å². The van der Waals surface area contributed by atoms with Crippen LogP contribution in [-0.2, 0) is 11.8 Å². The molecule has 0 spiro atoms. The van der Waals surface area contributed by atoms with Crippen LogP contribution in [0.15, 0.2) is 36.5 Å². The number of anilines is 1. The Morgan fingerprint density at radius 2 is 2.17 bits per heavy atom. The maximum absolute atomic E-state index is 12.4. The standard InChI is InChI=1S/C18H22ClN3O/c1-13-14(19)6-3-7-15(13)20-18(23)12-22-11-5-9-17(22)16-8-4-10-21(16)2/h3-4,6-8,10,17H,5,9,11-12H2,1-2H3,(H,20,23)/t17-/m0/s1. The van der Waals surface area contributed by atoms with Gasteiger partial charge in [-0.3, -0.25) is 9.69 Å².